The van der Waals surface area contributed by atoms with Gasteiger partial charge in [-0.05, 0) is 54.1 Å². The van der Waals surface area contributed by atoms with Crippen molar-refractivity contribution in [1.82, 2.24) is 15.3 Å². The maximum absolute atomic E-state index is 13.1. The molecule has 7 heteroatoms. The Labute approximate surface area is 188 Å². The van der Waals surface area contributed by atoms with Gasteiger partial charge in [0.2, 0.25) is 0 Å². The van der Waals surface area contributed by atoms with Crippen molar-refractivity contribution in [2.45, 2.75) is 0 Å². The normalized spacial score (nSPS) is 11.4. The molecule has 0 bridgehead atoms. The minimum absolute atomic E-state index is 0.287. The molecular weight excluding hydrogens is 458 g/mol. The molecule has 3 aromatic carbocycles. The van der Waals surface area contributed by atoms with Crippen LogP contribution in [0.25, 0.3) is 22.8 Å². The van der Waals surface area contributed by atoms with Crippen molar-refractivity contribution >= 4 is 44.6 Å². The number of rotatable bonds is 6. The van der Waals surface area contributed by atoms with Gasteiger partial charge in [-0.25, -0.2) is 4.98 Å². The summed E-state index contributed by atoms with van der Waals surface area (Å²) >= 11 is 3.44. The summed E-state index contributed by atoms with van der Waals surface area (Å²) in [5, 5.41) is 2.98. The molecule has 0 aliphatic rings. The second-order valence-corrected chi connectivity index (χ2v) is 7.65. The molecule has 156 valence electrons. The molecule has 1 aromatic heterocycles. The first-order valence-electron chi connectivity index (χ1n) is 9.53. The third-order valence-electron chi connectivity index (χ3n) is 4.72. The van der Waals surface area contributed by atoms with E-state index in [2.05, 4.69) is 31.2 Å². The van der Waals surface area contributed by atoms with Crippen molar-refractivity contribution in [3.63, 3.8) is 0 Å². The van der Waals surface area contributed by atoms with Crippen LogP contribution in [0.3, 0.4) is 0 Å². The number of aromatic amines is 1. The third kappa shape index (κ3) is 4.62. The number of aromatic nitrogens is 2. The molecule has 0 atom stereocenters. The SMILES string of the molecule is COc1ccc(C(=O)N/C(=C/c2ccc(Br)cc2)c2nc3ccccc3[nH]2)cc1OC. The van der Waals surface area contributed by atoms with E-state index in [-0.39, 0.29) is 5.91 Å². The van der Waals surface area contributed by atoms with Crippen LogP contribution < -0.4 is 14.8 Å². The number of nitrogens with one attached hydrogen (secondary N) is 2. The summed E-state index contributed by atoms with van der Waals surface area (Å²) in [6, 6.07) is 20.5. The van der Waals surface area contributed by atoms with Crippen LogP contribution in [0.5, 0.6) is 11.5 Å². The summed E-state index contributed by atoms with van der Waals surface area (Å²) in [5.41, 5.74) is 3.62. The molecule has 1 amide bonds. The average molecular weight is 478 g/mol. The molecule has 4 aromatic rings. The molecule has 31 heavy (non-hydrogen) atoms. The molecule has 2 N–H and O–H groups in total. The Morgan fingerprint density at radius 2 is 1.74 bits per heavy atom. The summed E-state index contributed by atoms with van der Waals surface area (Å²) in [6.45, 7) is 0. The van der Waals surface area contributed by atoms with E-state index >= 15 is 0 Å². The van der Waals surface area contributed by atoms with Gasteiger partial charge in [-0.3, -0.25) is 4.79 Å². The summed E-state index contributed by atoms with van der Waals surface area (Å²) in [4.78, 5) is 21.0. The van der Waals surface area contributed by atoms with Crippen LogP contribution in [0.1, 0.15) is 21.7 Å². The number of amides is 1. The molecule has 0 saturated carbocycles. The van der Waals surface area contributed by atoms with E-state index in [0.29, 0.717) is 28.6 Å². The minimum atomic E-state index is -0.287. The van der Waals surface area contributed by atoms with Crippen molar-refractivity contribution < 1.29 is 14.3 Å². The summed E-state index contributed by atoms with van der Waals surface area (Å²) in [7, 11) is 3.09. The molecule has 0 unspecified atom stereocenters. The largest absolute Gasteiger partial charge is 0.493 e. The van der Waals surface area contributed by atoms with Crippen molar-refractivity contribution in [3.8, 4) is 11.5 Å². The Morgan fingerprint density at radius 1 is 1.00 bits per heavy atom. The van der Waals surface area contributed by atoms with Crippen molar-refractivity contribution in [2.75, 3.05) is 14.2 Å². The van der Waals surface area contributed by atoms with Gasteiger partial charge in [0, 0.05) is 10.0 Å². The first kappa shape index (κ1) is 20.7. The Hall–Kier alpha value is -3.58. The number of benzene rings is 3. The van der Waals surface area contributed by atoms with Gasteiger partial charge < -0.3 is 19.8 Å². The zero-order valence-electron chi connectivity index (χ0n) is 17.0. The number of hydrogen-bond donors (Lipinski definition) is 2. The highest BCUT2D eigenvalue weighted by atomic mass is 79.9. The number of nitrogens with zero attached hydrogens (tertiary/aromatic N) is 1. The first-order valence-corrected chi connectivity index (χ1v) is 10.3. The van der Waals surface area contributed by atoms with Crippen LogP contribution in [-0.4, -0.2) is 30.1 Å². The molecule has 0 radical (unpaired) electrons. The monoisotopic (exact) mass is 477 g/mol. The van der Waals surface area contributed by atoms with E-state index in [0.717, 1.165) is 21.1 Å². The molecule has 4 rings (SSSR count). The standard InChI is InChI=1S/C24H20BrN3O3/c1-30-21-12-9-16(14-22(21)31-2)24(29)28-20(13-15-7-10-17(25)11-8-15)23-26-18-5-3-4-6-19(18)27-23/h3-14H,1-2H3,(H,26,27)(H,28,29)/b20-13+. The molecule has 0 aliphatic heterocycles. The lowest BCUT2D eigenvalue weighted by molar-refractivity contribution is 0.0973. The first-order chi connectivity index (χ1) is 15.1. The molecular formula is C24H20BrN3O3. The van der Waals surface area contributed by atoms with Crippen LogP contribution in [-0.2, 0) is 0 Å². The highest BCUT2D eigenvalue weighted by molar-refractivity contribution is 9.10. The Morgan fingerprint density at radius 3 is 2.45 bits per heavy atom. The van der Waals surface area contributed by atoms with Gasteiger partial charge in [-0.15, -0.1) is 0 Å². The smallest absolute Gasteiger partial charge is 0.255 e. The van der Waals surface area contributed by atoms with E-state index in [1.54, 1.807) is 25.3 Å². The molecule has 0 saturated heterocycles. The van der Waals surface area contributed by atoms with Crippen molar-refractivity contribution in [1.29, 1.82) is 0 Å². The van der Waals surface area contributed by atoms with Gasteiger partial charge in [-0.1, -0.05) is 40.2 Å². The number of methoxy groups -OCH3 is 2. The lowest BCUT2D eigenvalue weighted by Crippen LogP contribution is -2.22. The zero-order valence-corrected chi connectivity index (χ0v) is 18.6. The molecule has 1 heterocycles. The summed E-state index contributed by atoms with van der Waals surface area (Å²) in [6.07, 6.45) is 1.88. The molecule has 0 aliphatic carbocycles. The Bertz CT molecular complexity index is 1230. The number of ether oxygens (including phenoxy) is 2. The number of carbonyl (C=O) groups excluding carboxylic acids is 1. The highest BCUT2D eigenvalue weighted by Crippen LogP contribution is 2.28. The predicted octanol–water partition coefficient (Wildman–Crippen LogP) is 5.27. The average Bonchev–Trinajstić information content (AvgIpc) is 3.23. The van der Waals surface area contributed by atoms with E-state index < -0.39 is 0 Å². The number of halogens is 1. The number of imidazole rings is 1. The number of fused-ring (bicyclic) bond motifs is 1. The van der Waals surface area contributed by atoms with Crippen LogP contribution in [0, 0.1) is 0 Å². The molecule has 6 nitrogen and oxygen atoms in total. The fourth-order valence-corrected chi connectivity index (χ4v) is 3.41. The van der Waals surface area contributed by atoms with Crippen LogP contribution in [0.15, 0.2) is 71.2 Å². The van der Waals surface area contributed by atoms with E-state index in [4.69, 9.17) is 9.47 Å². The van der Waals surface area contributed by atoms with Crippen molar-refractivity contribution in [2.24, 2.45) is 0 Å². The van der Waals surface area contributed by atoms with Gasteiger partial charge in [-0.2, -0.15) is 0 Å². The predicted molar refractivity (Wildman–Crippen MR) is 125 cm³/mol. The van der Waals surface area contributed by atoms with Gasteiger partial charge in [0.25, 0.3) is 5.91 Å². The fraction of sp³-hybridized carbons (Fsp3) is 0.0833. The van der Waals surface area contributed by atoms with E-state index in [1.165, 1.54) is 7.11 Å². The van der Waals surface area contributed by atoms with Gasteiger partial charge in [0.15, 0.2) is 17.3 Å². The lowest BCUT2D eigenvalue weighted by Gasteiger charge is -2.11. The number of H-pyrrole nitrogens is 1. The second kappa shape index (κ2) is 9.06. The molecule has 0 spiro atoms. The zero-order chi connectivity index (χ0) is 21.8. The van der Waals surface area contributed by atoms with Crippen molar-refractivity contribution in [3.05, 3.63) is 88.2 Å². The number of hydrogen-bond acceptors (Lipinski definition) is 4. The Kier molecular flexibility index (Phi) is 6.04. The topological polar surface area (TPSA) is 76.2 Å². The third-order valence-corrected chi connectivity index (χ3v) is 5.25. The summed E-state index contributed by atoms with van der Waals surface area (Å²) < 4.78 is 11.6. The maximum Gasteiger partial charge on any atom is 0.255 e. The van der Waals surface area contributed by atoms with E-state index in [1.807, 2.05) is 54.6 Å². The van der Waals surface area contributed by atoms with E-state index in [9.17, 15) is 4.79 Å². The fourth-order valence-electron chi connectivity index (χ4n) is 3.14. The summed E-state index contributed by atoms with van der Waals surface area (Å²) in [5.74, 6) is 1.32. The second-order valence-electron chi connectivity index (χ2n) is 6.74. The Balaban J connectivity index is 1.72. The lowest BCUT2D eigenvalue weighted by atomic mass is 10.1. The van der Waals surface area contributed by atoms with Crippen LogP contribution >= 0.6 is 15.9 Å². The number of carbonyl (C=O) groups is 1. The van der Waals surface area contributed by atoms with Crippen LogP contribution in [0.4, 0.5) is 0 Å². The minimum Gasteiger partial charge on any atom is -0.493 e. The quantitative estimate of drug-likeness (QED) is 0.396. The maximum atomic E-state index is 13.1. The number of para-hydroxylation sites is 2. The van der Waals surface area contributed by atoms with Gasteiger partial charge in [0.1, 0.15) is 0 Å². The van der Waals surface area contributed by atoms with Gasteiger partial charge >= 0.3 is 0 Å². The van der Waals surface area contributed by atoms with Crippen LogP contribution in [0.2, 0.25) is 0 Å². The highest BCUT2D eigenvalue weighted by Gasteiger charge is 2.15. The van der Waals surface area contributed by atoms with Gasteiger partial charge in [0.05, 0.1) is 31.0 Å². The molecule has 0 fully saturated rings.